The minimum atomic E-state index is -1.02. The summed E-state index contributed by atoms with van der Waals surface area (Å²) in [5.74, 6) is 0.911. The Morgan fingerprint density at radius 2 is 1.80 bits per heavy atom. The number of fused-ring (bicyclic) bond motifs is 1. The fraction of sp³-hybridized carbons (Fsp3) is 0.412. The Morgan fingerprint density at radius 3 is 2.55 bits per heavy atom. The molecule has 2 aromatic carbocycles. The van der Waals surface area contributed by atoms with Crippen LogP contribution in [0.1, 0.15) is 5.56 Å². The van der Waals surface area contributed by atoms with Crippen molar-refractivity contribution in [3.63, 3.8) is 0 Å². The maximum absolute atomic E-state index is 5.81. The molecule has 0 unspecified atom stereocenters. The van der Waals surface area contributed by atoms with Crippen LogP contribution in [0.2, 0.25) is 25.7 Å². The van der Waals surface area contributed by atoms with Gasteiger partial charge in [0.15, 0.2) is 6.79 Å². The molecule has 0 amide bonds. The Balaban J connectivity index is 1.96. The zero-order valence-corrected chi connectivity index (χ0v) is 13.9. The third kappa shape index (κ3) is 4.36. The predicted octanol–water partition coefficient (Wildman–Crippen LogP) is 4.84. The van der Waals surface area contributed by atoms with Gasteiger partial charge in [0.1, 0.15) is 5.75 Å². The molecule has 0 aromatic heterocycles. The lowest BCUT2D eigenvalue weighted by molar-refractivity contribution is 0.0229. The maximum atomic E-state index is 5.81. The lowest BCUT2D eigenvalue weighted by atomic mass is 10.1. The van der Waals surface area contributed by atoms with Crippen LogP contribution in [0.15, 0.2) is 36.4 Å². The highest BCUT2D eigenvalue weighted by molar-refractivity contribution is 6.76. The van der Waals surface area contributed by atoms with Crippen LogP contribution in [-0.4, -0.2) is 21.5 Å². The molecular weight excluding hydrogens is 264 g/mol. The molecule has 0 heterocycles. The number of benzene rings is 2. The Morgan fingerprint density at radius 1 is 1.05 bits per heavy atom. The summed E-state index contributed by atoms with van der Waals surface area (Å²) in [4.78, 5) is 0. The van der Waals surface area contributed by atoms with Crippen molar-refractivity contribution >= 4 is 18.8 Å². The van der Waals surface area contributed by atoms with Crippen molar-refractivity contribution in [1.29, 1.82) is 0 Å². The first kappa shape index (κ1) is 15.1. The quantitative estimate of drug-likeness (QED) is 0.430. The lowest BCUT2D eigenvalue weighted by Gasteiger charge is -2.16. The minimum Gasteiger partial charge on any atom is -0.467 e. The zero-order chi connectivity index (χ0) is 14.6. The normalized spacial score (nSPS) is 11.8. The fourth-order valence-corrected chi connectivity index (χ4v) is 2.84. The van der Waals surface area contributed by atoms with Crippen LogP contribution < -0.4 is 4.74 Å². The van der Waals surface area contributed by atoms with Gasteiger partial charge in [-0.15, -0.1) is 0 Å². The third-order valence-corrected chi connectivity index (χ3v) is 4.97. The SMILES string of the molecule is Cc1cc(OCOCC[Si](C)(C)C)c2ccccc2c1. The van der Waals surface area contributed by atoms with Crippen LogP contribution in [0, 0.1) is 6.92 Å². The first-order valence-electron chi connectivity index (χ1n) is 7.16. The number of ether oxygens (including phenoxy) is 2. The second-order valence-electron chi connectivity index (χ2n) is 6.47. The van der Waals surface area contributed by atoms with E-state index in [2.05, 4.69) is 56.9 Å². The molecule has 0 spiro atoms. The van der Waals surface area contributed by atoms with E-state index in [1.807, 2.05) is 6.07 Å². The van der Waals surface area contributed by atoms with E-state index in [9.17, 15) is 0 Å². The van der Waals surface area contributed by atoms with Crippen LogP contribution >= 0.6 is 0 Å². The van der Waals surface area contributed by atoms with Gasteiger partial charge >= 0.3 is 0 Å². The highest BCUT2D eigenvalue weighted by Gasteiger charge is 2.12. The first-order chi connectivity index (χ1) is 9.46. The van der Waals surface area contributed by atoms with E-state index in [1.54, 1.807) is 0 Å². The van der Waals surface area contributed by atoms with Gasteiger partial charge in [-0.1, -0.05) is 50.0 Å². The standard InChI is InChI=1S/C17H24O2Si/c1-14-11-15-7-5-6-8-16(15)17(12-14)19-13-18-9-10-20(2,3)4/h5-8,11-12H,9-10,13H2,1-4H3. The molecule has 108 valence electrons. The molecule has 2 rings (SSSR count). The highest BCUT2D eigenvalue weighted by atomic mass is 28.3. The van der Waals surface area contributed by atoms with Gasteiger partial charge in [-0.05, 0) is 30.0 Å². The Bertz CT molecular complexity index is 573. The van der Waals surface area contributed by atoms with Gasteiger partial charge in [0, 0.05) is 20.1 Å². The van der Waals surface area contributed by atoms with Crippen molar-refractivity contribution in [1.82, 2.24) is 0 Å². The highest BCUT2D eigenvalue weighted by Crippen LogP contribution is 2.27. The summed E-state index contributed by atoms with van der Waals surface area (Å²) < 4.78 is 11.4. The predicted molar refractivity (Wildman–Crippen MR) is 88.3 cm³/mol. The van der Waals surface area contributed by atoms with Gasteiger partial charge in [-0.25, -0.2) is 0 Å². The first-order valence-corrected chi connectivity index (χ1v) is 10.9. The third-order valence-electron chi connectivity index (χ3n) is 3.26. The molecule has 0 aliphatic rings. The van der Waals surface area contributed by atoms with Crippen LogP contribution in [0.4, 0.5) is 0 Å². The molecule has 0 aliphatic carbocycles. The molecule has 0 bridgehead atoms. The molecule has 0 saturated carbocycles. The number of aryl methyl sites for hydroxylation is 1. The Kier molecular flexibility index (Phi) is 4.84. The largest absolute Gasteiger partial charge is 0.467 e. The Hall–Kier alpha value is -1.32. The molecule has 0 atom stereocenters. The molecule has 0 saturated heterocycles. The van der Waals surface area contributed by atoms with Crippen molar-refractivity contribution in [2.75, 3.05) is 13.4 Å². The van der Waals surface area contributed by atoms with E-state index in [4.69, 9.17) is 9.47 Å². The molecule has 0 aliphatic heterocycles. The summed E-state index contributed by atoms with van der Waals surface area (Å²) in [7, 11) is -1.02. The summed E-state index contributed by atoms with van der Waals surface area (Å²) in [5.41, 5.74) is 1.21. The molecule has 0 N–H and O–H groups in total. The zero-order valence-electron chi connectivity index (χ0n) is 12.9. The van der Waals surface area contributed by atoms with E-state index < -0.39 is 8.07 Å². The van der Waals surface area contributed by atoms with Crippen molar-refractivity contribution in [2.24, 2.45) is 0 Å². The number of hydrogen-bond acceptors (Lipinski definition) is 2. The second-order valence-corrected chi connectivity index (χ2v) is 12.1. The molecule has 2 nitrogen and oxygen atoms in total. The molecule has 0 fully saturated rings. The summed E-state index contributed by atoms with van der Waals surface area (Å²) in [5, 5.41) is 2.36. The average molecular weight is 288 g/mol. The van der Waals surface area contributed by atoms with E-state index in [1.165, 1.54) is 17.0 Å². The Labute approximate surface area is 122 Å². The van der Waals surface area contributed by atoms with E-state index >= 15 is 0 Å². The monoisotopic (exact) mass is 288 g/mol. The van der Waals surface area contributed by atoms with Gasteiger partial charge in [0.25, 0.3) is 0 Å². The van der Waals surface area contributed by atoms with Gasteiger partial charge in [0.05, 0.1) is 0 Å². The van der Waals surface area contributed by atoms with E-state index in [-0.39, 0.29) is 0 Å². The van der Waals surface area contributed by atoms with Gasteiger partial charge in [-0.2, -0.15) is 0 Å². The van der Waals surface area contributed by atoms with Crippen molar-refractivity contribution in [2.45, 2.75) is 32.6 Å². The van der Waals surface area contributed by atoms with Gasteiger partial charge in [-0.3, -0.25) is 0 Å². The maximum Gasteiger partial charge on any atom is 0.189 e. The molecular formula is C17H24O2Si. The second kappa shape index (κ2) is 6.42. The van der Waals surface area contributed by atoms with Crippen molar-refractivity contribution in [3.8, 4) is 5.75 Å². The molecule has 3 heteroatoms. The molecule has 2 aromatic rings. The van der Waals surface area contributed by atoms with Crippen LogP contribution in [-0.2, 0) is 4.74 Å². The van der Waals surface area contributed by atoms with Gasteiger partial charge in [0.2, 0.25) is 0 Å². The van der Waals surface area contributed by atoms with Gasteiger partial charge < -0.3 is 9.47 Å². The summed E-state index contributed by atoms with van der Waals surface area (Å²) in [6, 6.07) is 13.7. The summed E-state index contributed by atoms with van der Waals surface area (Å²) >= 11 is 0. The molecule has 0 radical (unpaired) electrons. The fourth-order valence-electron chi connectivity index (χ4n) is 2.08. The minimum absolute atomic E-state index is 0.331. The van der Waals surface area contributed by atoms with Crippen molar-refractivity contribution in [3.05, 3.63) is 42.0 Å². The summed E-state index contributed by atoms with van der Waals surface area (Å²) in [6.45, 7) is 10.3. The van der Waals surface area contributed by atoms with Crippen LogP contribution in [0.3, 0.4) is 0 Å². The van der Waals surface area contributed by atoms with E-state index in [0.29, 0.717) is 6.79 Å². The topological polar surface area (TPSA) is 18.5 Å². The average Bonchev–Trinajstić information content (AvgIpc) is 2.36. The number of hydrogen-bond donors (Lipinski definition) is 0. The van der Waals surface area contributed by atoms with Crippen molar-refractivity contribution < 1.29 is 9.47 Å². The lowest BCUT2D eigenvalue weighted by Crippen LogP contribution is -2.22. The van der Waals surface area contributed by atoms with Crippen LogP contribution in [0.5, 0.6) is 5.75 Å². The van der Waals surface area contributed by atoms with E-state index in [0.717, 1.165) is 17.7 Å². The van der Waals surface area contributed by atoms with Crippen LogP contribution in [0.25, 0.3) is 10.8 Å². The number of rotatable bonds is 6. The smallest absolute Gasteiger partial charge is 0.189 e. The molecule has 20 heavy (non-hydrogen) atoms. The summed E-state index contributed by atoms with van der Waals surface area (Å²) in [6.07, 6.45) is 0.